The van der Waals surface area contributed by atoms with Crippen molar-refractivity contribution in [3.8, 4) is 0 Å². The minimum absolute atomic E-state index is 0.0297. The summed E-state index contributed by atoms with van der Waals surface area (Å²) in [4.78, 5) is 31.5. The fourth-order valence-electron chi connectivity index (χ4n) is 4.06. The molecule has 6 heteroatoms. The fraction of sp³-hybridized carbons (Fsp3) is 0.619. The smallest absolute Gasteiger partial charge is 0.239 e. The second-order valence-corrected chi connectivity index (χ2v) is 7.84. The number of rotatable bonds is 5. The van der Waals surface area contributed by atoms with Crippen molar-refractivity contribution < 1.29 is 9.59 Å². The quantitative estimate of drug-likeness (QED) is 0.857. The van der Waals surface area contributed by atoms with Crippen LogP contribution < -0.4 is 5.32 Å². The first-order valence-electron chi connectivity index (χ1n) is 10.1. The van der Waals surface area contributed by atoms with Crippen LogP contribution in [0.25, 0.3) is 0 Å². The van der Waals surface area contributed by atoms with E-state index < -0.39 is 0 Å². The molecule has 0 radical (unpaired) electrons. The number of anilines is 1. The molecule has 2 saturated heterocycles. The number of benzene rings is 1. The van der Waals surface area contributed by atoms with Gasteiger partial charge in [0.2, 0.25) is 11.8 Å². The molecule has 2 aliphatic heterocycles. The number of carbonyl (C=O) groups is 2. The van der Waals surface area contributed by atoms with Gasteiger partial charge in [0.25, 0.3) is 0 Å². The summed E-state index contributed by atoms with van der Waals surface area (Å²) in [6.45, 7) is 11.5. The highest BCUT2D eigenvalue weighted by Gasteiger charge is 2.30. The van der Waals surface area contributed by atoms with Gasteiger partial charge in [-0.2, -0.15) is 0 Å². The molecule has 1 N–H and O–H groups in total. The fourth-order valence-corrected chi connectivity index (χ4v) is 4.06. The normalized spacial score (nSPS) is 19.9. The maximum absolute atomic E-state index is 12.6. The maximum atomic E-state index is 12.6. The Balaban J connectivity index is 1.46. The summed E-state index contributed by atoms with van der Waals surface area (Å²) in [6.07, 6.45) is 2.25. The van der Waals surface area contributed by atoms with Crippen molar-refractivity contribution in [2.75, 3.05) is 51.1 Å². The lowest BCUT2D eigenvalue weighted by Gasteiger charge is -2.38. The predicted octanol–water partition coefficient (Wildman–Crippen LogP) is 1.87. The lowest BCUT2D eigenvalue weighted by molar-refractivity contribution is -0.136. The molecule has 1 atom stereocenters. The highest BCUT2D eigenvalue weighted by atomic mass is 16.2. The van der Waals surface area contributed by atoms with E-state index in [2.05, 4.69) is 15.1 Å². The van der Waals surface area contributed by atoms with E-state index in [9.17, 15) is 9.59 Å². The average molecular weight is 373 g/mol. The number of hydrogen-bond donors (Lipinski definition) is 1. The van der Waals surface area contributed by atoms with Gasteiger partial charge >= 0.3 is 0 Å². The molecule has 2 aliphatic rings. The minimum atomic E-state index is -0.0614. The van der Waals surface area contributed by atoms with Crippen molar-refractivity contribution in [1.29, 1.82) is 0 Å². The second-order valence-electron chi connectivity index (χ2n) is 7.84. The van der Waals surface area contributed by atoms with Gasteiger partial charge in [-0.05, 0) is 44.7 Å². The zero-order chi connectivity index (χ0) is 19.4. The van der Waals surface area contributed by atoms with E-state index in [4.69, 9.17) is 0 Å². The van der Waals surface area contributed by atoms with Crippen LogP contribution in [0.5, 0.6) is 0 Å². The van der Waals surface area contributed by atoms with Gasteiger partial charge in [-0.1, -0.05) is 18.2 Å². The van der Waals surface area contributed by atoms with E-state index in [0.717, 1.165) is 68.9 Å². The van der Waals surface area contributed by atoms with E-state index in [1.54, 1.807) is 0 Å². The van der Waals surface area contributed by atoms with Crippen molar-refractivity contribution in [2.45, 2.75) is 39.7 Å². The summed E-state index contributed by atoms with van der Waals surface area (Å²) in [5.41, 5.74) is 3.09. The Bertz CT molecular complexity index is 657. The van der Waals surface area contributed by atoms with Gasteiger partial charge in [0.05, 0.1) is 12.6 Å². The topological polar surface area (TPSA) is 55.9 Å². The zero-order valence-corrected chi connectivity index (χ0v) is 16.8. The molecule has 2 heterocycles. The molecule has 1 aromatic carbocycles. The van der Waals surface area contributed by atoms with Crippen LogP contribution in [0.4, 0.5) is 5.69 Å². The molecular weight excluding hydrogens is 340 g/mol. The van der Waals surface area contributed by atoms with Crippen LogP contribution in [0.15, 0.2) is 18.2 Å². The standard InChI is InChI=1S/C21H32N4O2/c1-16-7-6-8-17(2)20(16)22-19(26)15-23-11-13-24(14-12-23)18(3)21(27)25-9-4-5-10-25/h6-8,18H,4-5,9-15H2,1-3H3,(H,22,26). The highest BCUT2D eigenvalue weighted by Crippen LogP contribution is 2.19. The van der Waals surface area contributed by atoms with Crippen LogP contribution in [0.2, 0.25) is 0 Å². The number of nitrogens with one attached hydrogen (secondary N) is 1. The highest BCUT2D eigenvalue weighted by molar-refractivity contribution is 5.93. The molecule has 0 aliphatic carbocycles. The molecule has 0 saturated carbocycles. The molecular formula is C21H32N4O2. The molecule has 27 heavy (non-hydrogen) atoms. The van der Waals surface area contributed by atoms with Gasteiger partial charge in [-0.15, -0.1) is 0 Å². The van der Waals surface area contributed by atoms with Gasteiger partial charge in [0, 0.05) is 45.0 Å². The Kier molecular flexibility index (Phi) is 6.50. The van der Waals surface area contributed by atoms with Crippen molar-refractivity contribution in [1.82, 2.24) is 14.7 Å². The first kappa shape index (κ1) is 19.8. The van der Waals surface area contributed by atoms with Gasteiger partial charge in [0.1, 0.15) is 0 Å². The van der Waals surface area contributed by atoms with E-state index in [1.165, 1.54) is 0 Å². The molecule has 148 valence electrons. The molecule has 0 spiro atoms. The van der Waals surface area contributed by atoms with Crippen LogP contribution in [-0.4, -0.2) is 78.4 Å². The summed E-state index contributed by atoms with van der Waals surface area (Å²) < 4.78 is 0. The number of para-hydroxylation sites is 1. The third-order valence-electron chi connectivity index (χ3n) is 5.84. The lowest BCUT2D eigenvalue weighted by Crippen LogP contribution is -2.55. The van der Waals surface area contributed by atoms with Gasteiger partial charge in [0.15, 0.2) is 0 Å². The second kappa shape index (κ2) is 8.85. The molecule has 1 aromatic rings. The zero-order valence-electron chi connectivity index (χ0n) is 16.8. The van der Waals surface area contributed by atoms with E-state index in [1.807, 2.05) is 43.9 Å². The number of piperazine rings is 1. The predicted molar refractivity (Wildman–Crippen MR) is 108 cm³/mol. The number of amides is 2. The SMILES string of the molecule is Cc1cccc(C)c1NC(=O)CN1CCN(C(C)C(=O)N2CCCC2)CC1. The third-order valence-corrected chi connectivity index (χ3v) is 5.84. The summed E-state index contributed by atoms with van der Waals surface area (Å²) in [7, 11) is 0. The first-order chi connectivity index (χ1) is 13.0. The number of nitrogens with zero attached hydrogens (tertiary/aromatic N) is 3. The Labute approximate surface area is 162 Å². The van der Waals surface area contributed by atoms with Crippen LogP contribution in [0.3, 0.4) is 0 Å². The lowest BCUT2D eigenvalue weighted by atomic mass is 10.1. The number of aryl methyl sites for hydroxylation is 2. The minimum Gasteiger partial charge on any atom is -0.341 e. The third kappa shape index (κ3) is 4.87. The van der Waals surface area contributed by atoms with Gasteiger partial charge < -0.3 is 10.2 Å². The van der Waals surface area contributed by atoms with E-state index >= 15 is 0 Å². The molecule has 0 bridgehead atoms. The van der Waals surface area contributed by atoms with Gasteiger partial charge in [-0.25, -0.2) is 0 Å². The van der Waals surface area contributed by atoms with Crippen LogP contribution in [-0.2, 0) is 9.59 Å². The van der Waals surface area contributed by atoms with Crippen molar-refractivity contribution in [3.05, 3.63) is 29.3 Å². The largest absolute Gasteiger partial charge is 0.341 e. The van der Waals surface area contributed by atoms with Gasteiger partial charge in [-0.3, -0.25) is 19.4 Å². The Morgan fingerprint density at radius 1 is 1.00 bits per heavy atom. The maximum Gasteiger partial charge on any atom is 0.239 e. The van der Waals surface area contributed by atoms with E-state index in [-0.39, 0.29) is 17.9 Å². The average Bonchev–Trinajstić information content (AvgIpc) is 3.19. The Morgan fingerprint density at radius 3 is 2.19 bits per heavy atom. The number of likely N-dealkylation sites (tertiary alicyclic amines) is 1. The first-order valence-corrected chi connectivity index (χ1v) is 10.1. The summed E-state index contributed by atoms with van der Waals surface area (Å²) in [5, 5.41) is 3.06. The molecule has 3 rings (SSSR count). The van der Waals surface area contributed by atoms with Crippen molar-refractivity contribution in [3.63, 3.8) is 0 Å². The van der Waals surface area contributed by atoms with E-state index in [0.29, 0.717) is 6.54 Å². The van der Waals surface area contributed by atoms with Crippen molar-refractivity contribution >= 4 is 17.5 Å². The van der Waals surface area contributed by atoms with Crippen LogP contribution >= 0.6 is 0 Å². The number of carbonyl (C=O) groups excluding carboxylic acids is 2. The molecule has 2 amide bonds. The summed E-state index contributed by atoms with van der Waals surface area (Å²) >= 11 is 0. The van der Waals surface area contributed by atoms with Crippen LogP contribution in [0.1, 0.15) is 30.9 Å². The molecule has 0 aromatic heterocycles. The summed E-state index contributed by atoms with van der Waals surface area (Å²) in [6, 6.07) is 5.97. The van der Waals surface area contributed by atoms with Crippen LogP contribution in [0, 0.1) is 13.8 Å². The summed E-state index contributed by atoms with van der Waals surface area (Å²) in [5.74, 6) is 0.288. The van der Waals surface area contributed by atoms with Crippen molar-refractivity contribution in [2.24, 2.45) is 0 Å². The molecule has 6 nitrogen and oxygen atoms in total. The monoisotopic (exact) mass is 372 g/mol. The molecule has 1 unspecified atom stereocenters. The Morgan fingerprint density at radius 2 is 1.59 bits per heavy atom. The number of hydrogen-bond acceptors (Lipinski definition) is 4. The Hall–Kier alpha value is -1.92. The molecule has 2 fully saturated rings.